The first-order chi connectivity index (χ1) is 14.6. The molecular formula is C21H29N5O4S. The average molecular weight is 448 g/mol. The molecule has 4 N–H and O–H groups in total. The fraction of sp³-hybridized carbons (Fsp3) is 0.429. The molecule has 0 aliphatic heterocycles. The topological polar surface area (TPSA) is 130 Å². The normalized spacial score (nSPS) is 11.7. The molecule has 1 atom stereocenters. The van der Waals surface area contributed by atoms with E-state index in [1.165, 1.54) is 11.6 Å². The average Bonchev–Trinajstić information content (AvgIpc) is 2.72. The van der Waals surface area contributed by atoms with Gasteiger partial charge in [-0.3, -0.25) is 23.9 Å². The summed E-state index contributed by atoms with van der Waals surface area (Å²) in [5.41, 5.74) is 6.44. The number of rotatable bonds is 9. The molecule has 10 heteroatoms. The number of hydrogen-bond acceptors (Lipinski definition) is 6. The predicted molar refractivity (Wildman–Crippen MR) is 126 cm³/mol. The maximum atomic E-state index is 12.8. The third-order valence-electron chi connectivity index (χ3n) is 4.76. The summed E-state index contributed by atoms with van der Waals surface area (Å²) in [5.74, 6) is -0.615. The highest BCUT2D eigenvalue weighted by molar-refractivity contribution is 8.01. The lowest BCUT2D eigenvalue weighted by Crippen LogP contribution is -2.41. The van der Waals surface area contributed by atoms with Crippen LogP contribution in [0.5, 0.6) is 0 Å². The number of aryl methyl sites for hydroxylation is 1. The Labute approximate surface area is 185 Å². The van der Waals surface area contributed by atoms with Crippen molar-refractivity contribution < 1.29 is 9.59 Å². The van der Waals surface area contributed by atoms with Crippen LogP contribution in [-0.2, 0) is 16.1 Å². The number of carbonyl (C=O) groups excluding carboxylic acids is 2. The van der Waals surface area contributed by atoms with E-state index < -0.39 is 22.4 Å². The fourth-order valence-electron chi connectivity index (χ4n) is 2.93. The number of nitrogen functional groups attached to an aromatic ring is 1. The lowest BCUT2D eigenvalue weighted by molar-refractivity contribution is -0.117. The van der Waals surface area contributed by atoms with Gasteiger partial charge in [-0.1, -0.05) is 31.0 Å². The van der Waals surface area contributed by atoms with Crippen LogP contribution in [0.15, 0.2) is 33.9 Å². The van der Waals surface area contributed by atoms with Crippen LogP contribution in [-0.4, -0.2) is 39.4 Å². The maximum Gasteiger partial charge on any atom is 0.330 e. The molecule has 0 aliphatic carbocycles. The number of nitrogens with zero attached hydrogens (tertiary/aromatic N) is 2. The van der Waals surface area contributed by atoms with E-state index in [2.05, 4.69) is 10.3 Å². The number of thioether (sulfide) groups is 1. The van der Waals surface area contributed by atoms with Crippen LogP contribution in [0.3, 0.4) is 0 Å². The van der Waals surface area contributed by atoms with Crippen molar-refractivity contribution in [1.82, 2.24) is 9.55 Å². The van der Waals surface area contributed by atoms with E-state index in [0.717, 1.165) is 28.6 Å². The Morgan fingerprint density at radius 1 is 1.26 bits per heavy atom. The van der Waals surface area contributed by atoms with E-state index in [0.29, 0.717) is 18.7 Å². The molecular weight excluding hydrogens is 418 g/mol. The van der Waals surface area contributed by atoms with Gasteiger partial charge in [-0.05, 0) is 32.4 Å². The minimum atomic E-state index is -0.722. The van der Waals surface area contributed by atoms with Gasteiger partial charge in [-0.15, -0.1) is 11.8 Å². The number of aromatic nitrogens is 2. The summed E-state index contributed by atoms with van der Waals surface area (Å²) in [7, 11) is 1.43. The lowest BCUT2D eigenvalue weighted by atomic mass is 10.2. The van der Waals surface area contributed by atoms with Crippen molar-refractivity contribution in [2.24, 2.45) is 0 Å². The molecule has 168 valence electrons. The molecule has 31 heavy (non-hydrogen) atoms. The number of hydrogen-bond donors (Lipinski definition) is 3. The Kier molecular flexibility index (Phi) is 8.49. The summed E-state index contributed by atoms with van der Waals surface area (Å²) in [6, 6.07) is 7.41. The smallest absolute Gasteiger partial charge is 0.330 e. The first kappa shape index (κ1) is 24.3. The van der Waals surface area contributed by atoms with Crippen LogP contribution in [0.4, 0.5) is 17.2 Å². The highest BCUT2D eigenvalue weighted by Crippen LogP contribution is 2.20. The van der Waals surface area contributed by atoms with Crippen LogP contribution >= 0.6 is 11.8 Å². The van der Waals surface area contributed by atoms with Gasteiger partial charge < -0.3 is 16.0 Å². The third kappa shape index (κ3) is 6.24. The van der Waals surface area contributed by atoms with Crippen LogP contribution in [0.2, 0.25) is 0 Å². The van der Waals surface area contributed by atoms with E-state index in [1.54, 1.807) is 6.92 Å². The highest BCUT2D eigenvalue weighted by atomic mass is 32.2. The van der Waals surface area contributed by atoms with Gasteiger partial charge in [0.1, 0.15) is 5.82 Å². The quantitative estimate of drug-likeness (QED) is 0.539. The number of benzene rings is 1. The summed E-state index contributed by atoms with van der Waals surface area (Å²) in [6.45, 7) is 5.92. The largest absolute Gasteiger partial charge is 0.383 e. The Hall–Kier alpha value is -3.01. The van der Waals surface area contributed by atoms with Gasteiger partial charge in [0, 0.05) is 19.3 Å². The Morgan fingerprint density at radius 3 is 2.52 bits per heavy atom. The molecule has 0 saturated carbocycles. The van der Waals surface area contributed by atoms with E-state index >= 15 is 0 Å². The Balaban J connectivity index is 2.06. The van der Waals surface area contributed by atoms with Crippen molar-refractivity contribution in [1.29, 1.82) is 0 Å². The van der Waals surface area contributed by atoms with Gasteiger partial charge in [-0.25, -0.2) is 4.79 Å². The van der Waals surface area contributed by atoms with Crippen LogP contribution in [0, 0.1) is 6.92 Å². The van der Waals surface area contributed by atoms with Gasteiger partial charge in [0.25, 0.3) is 5.56 Å². The first-order valence-electron chi connectivity index (χ1n) is 10.0. The summed E-state index contributed by atoms with van der Waals surface area (Å²) < 4.78 is 1.26. The minimum Gasteiger partial charge on any atom is -0.383 e. The summed E-state index contributed by atoms with van der Waals surface area (Å²) in [6.07, 6.45) is 1.54. The second-order valence-electron chi connectivity index (χ2n) is 7.26. The number of nitrogens with one attached hydrogen (secondary N) is 2. The van der Waals surface area contributed by atoms with Crippen molar-refractivity contribution in [2.45, 2.75) is 45.4 Å². The SMILES string of the molecule is CCCCn1c(N)c(N(C)C(=O)C(C)SCC(=O)Nc2ccc(C)cc2)c(=O)[nH]c1=O. The summed E-state index contributed by atoms with van der Waals surface area (Å²) >= 11 is 1.15. The van der Waals surface area contributed by atoms with Crippen molar-refractivity contribution in [3.05, 3.63) is 50.7 Å². The number of amides is 2. The maximum absolute atomic E-state index is 12.8. The minimum absolute atomic E-state index is 0.0487. The standard InChI is InChI=1S/C21H29N5O4S/c1-5-6-11-26-18(22)17(19(28)24-21(26)30)25(4)20(29)14(3)31-12-16(27)23-15-9-7-13(2)8-10-15/h7-10,14H,5-6,11-12,22H2,1-4H3,(H,23,27)(H,24,28,30). The zero-order chi connectivity index (χ0) is 23.1. The third-order valence-corrected chi connectivity index (χ3v) is 5.89. The van der Waals surface area contributed by atoms with E-state index in [9.17, 15) is 19.2 Å². The van der Waals surface area contributed by atoms with Gasteiger partial charge >= 0.3 is 5.69 Å². The molecule has 1 unspecified atom stereocenters. The number of unbranched alkanes of at least 4 members (excludes halogenated alkanes) is 1. The predicted octanol–water partition coefficient (Wildman–Crippen LogP) is 1.95. The van der Waals surface area contributed by atoms with Gasteiger partial charge in [0.15, 0.2) is 5.69 Å². The number of carbonyl (C=O) groups is 2. The summed E-state index contributed by atoms with van der Waals surface area (Å²) in [4.78, 5) is 52.8. The number of nitrogens with two attached hydrogens (primary N) is 1. The van der Waals surface area contributed by atoms with E-state index in [4.69, 9.17) is 5.73 Å². The molecule has 0 saturated heterocycles. The molecule has 2 rings (SSSR count). The zero-order valence-electron chi connectivity index (χ0n) is 18.2. The van der Waals surface area contributed by atoms with Crippen molar-refractivity contribution in [3.63, 3.8) is 0 Å². The monoisotopic (exact) mass is 447 g/mol. The van der Waals surface area contributed by atoms with Crippen LogP contribution < -0.4 is 27.2 Å². The molecule has 0 aliphatic rings. The molecule has 0 bridgehead atoms. The fourth-order valence-corrected chi connectivity index (χ4v) is 3.70. The van der Waals surface area contributed by atoms with Crippen LogP contribution in [0.25, 0.3) is 0 Å². The second-order valence-corrected chi connectivity index (χ2v) is 8.59. The Bertz CT molecular complexity index is 1050. The number of H-pyrrole nitrogens is 1. The molecule has 9 nitrogen and oxygen atoms in total. The molecule has 1 heterocycles. The van der Waals surface area contributed by atoms with Gasteiger partial charge in [0.2, 0.25) is 11.8 Å². The highest BCUT2D eigenvalue weighted by Gasteiger charge is 2.25. The molecule has 2 aromatic rings. The van der Waals surface area contributed by atoms with Gasteiger partial charge in [0.05, 0.1) is 11.0 Å². The molecule has 1 aromatic heterocycles. The Morgan fingerprint density at radius 2 is 1.90 bits per heavy atom. The van der Waals surface area contributed by atoms with Gasteiger partial charge in [-0.2, -0.15) is 0 Å². The number of anilines is 3. The second kappa shape index (κ2) is 10.9. The molecule has 1 aromatic carbocycles. The molecule has 0 spiro atoms. The molecule has 2 amide bonds. The lowest BCUT2D eigenvalue weighted by Gasteiger charge is -2.23. The number of aromatic amines is 1. The summed E-state index contributed by atoms with van der Waals surface area (Å²) in [5, 5.41) is 2.17. The van der Waals surface area contributed by atoms with Crippen molar-refractivity contribution in [3.8, 4) is 0 Å². The molecule has 0 fully saturated rings. The van der Waals surface area contributed by atoms with Crippen molar-refractivity contribution in [2.75, 3.05) is 28.8 Å². The van der Waals surface area contributed by atoms with E-state index in [1.807, 2.05) is 38.1 Å². The first-order valence-corrected chi connectivity index (χ1v) is 11.1. The van der Waals surface area contributed by atoms with Crippen LogP contribution in [0.1, 0.15) is 32.3 Å². The van der Waals surface area contributed by atoms with E-state index in [-0.39, 0.29) is 23.2 Å². The zero-order valence-corrected chi connectivity index (χ0v) is 19.0. The van der Waals surface area contributed by atoms with Crippen molar-refractivity contribution >= 4 is 40.8 Å². The molecule has 0 radical (unpaired) electrons.